The first-order valence-electron chi connectivity index (χ1n) is 7.79. The summed E-state index contributed by atoms with van der Waals surface area (Å²) in [5.41, 5.74) is 9.24. The number of aromatic nitrogens is 1. The van der Waals surface area contributed by atoms with Crippen molar-refractivity contribution in [2.75, 3.05) is 5.73 Å². The summed E-state index contributed by atoms with van der Waals surface area (Å²) in [6.07, 6.45) is 5.20. The summed E-state index contributed by atoms with van der Waals surface area (Å²) >= 11 is 0. The molecule has 4 heteroatoms. The highest BCUT2D eigenvalue weighted by atomic mass is 16.3. The molecule has 0 radical (unpaired) electrons. The molecule has 23 heavy (non-hydrogen) atoms. The van der Waals surface area contributed by atoms with Gasteiger partial charge in [0.2, 0.25) is 11.8 Å². The average Bonchev–Trinajstić information content (AvgIpc) is 3.24. The third-order valence-corrected chi connectivity index (χ3v) is 5.20. The van der Waals surface area contributed by atoms with Crippen LogP contribution >= 0.6 is 0 Å². The number of benzene rings is 2. The number of hydrogen-bond donors (Lipinski definition) is 3. The Bertz CT molecular complexity index is 965. The van der Waals surface area contributed by atoms with Crippen molar-refractivity contribution in [3.8, 4) is 17.4 Å². The van der Waals surface area contributed by atoms with Crippen molar-refractivity contribution in [1.29, 1.82) is 0 Å². The molecule has 2 aromatic carbocycles. The van der Waals surface area contributed by atoms with Crippen LogP contribution in [-0.2, 0) is 0 Å². The Kier molecular flexibility index (Phi) is 2.25. The van der Waals surface area contributed by atoms with Gasteiger partial charge in [-0.3, -0.25) is 4.57 Å². The maximum Gasteiger partial charge on any atom is 0.202 e. The second-order valence-corrected chi connectivity index (χ2v) is 6.36. The minimum atomic E-state index is 0.143. The smallest absolute Gasteiger partial charge is 0.202 e. The van der Waals surface area contributed by atoms with Crippen LogP contribution in [-0.4, -0.2) is 14.8 Å². The number of nitrogens with two attached hydrogens (primary N) is 1. The van der Waals surface area contributed by atoms with Crippen LogP contribution < -0.4 is 5.73 Å². The van der Waals surface area contributed by atoms with Gasteiger partial charge in [-0.15, -0.1) is 0 Å². The second kappa shape index (κ2) is 4.10. The van der Waals surface area contributed by atoms with E-state index in [1.807, 2.05) is 36.4 Å². The van der Waals surface area contributed by atoms with Gasteiger partial charge in [-0.25, -0.2) is 0 Å². The van der Waals surface area contributed by atoms with E-state index in [1.165, 1.54) is 0 Å². The SMILES string of the molecule is Nc1ccc(-n2c(O)c3c(c2O)C2C=CC3C2)c2ccccc12. The summed E-state index contributed by atoms with van der Waals surface area (Å²) in [5.74, 6) is 0.706. The van der Waals surface area contributed by atoms with Crippen LogP contribution in [0.4, 0.5) is 5.69 Å². The Labute approximate surface area is 133 Å². The van der Waals surface area contributed by atoms with E-state index in [0.717, 1.165) is 34.0 Å². The van der Waals surface area contributed by atoms with Gasteiger partial charge < -0.3 is 15.9 Å². The maximum atomic E-state index is 10.8. The van der Waals surface area contributed by atoms with E-state index in [-0.39, 0.29) is 23.6 Å². The molecule has 2 aliphatic rings. The van der Waals surface area contributed by atoms with E-state index in [1.54, 1.807) is 4.57 Å². The lowest BCUT2D eigenvalue weighted by molar-refractivity contribution is 0.396. The zero-order valence-electron chi connectivity index (χ0n) is 12.4. The minimum Gasteiger partial charge on any atom is -0.494 e. The zero-order chi connectivity index (χ0) is 15.7. The van der Waals surface area contributed by atoms with Crippen LogP contribution in [0, 0.1) is 0 Å². The summed E-state index contributed by atoms with van der Waals surface area (Å²) in [7, 11) is 0. The molecule has 0 saturated heterocycles. The van der Waals surface area contributed by atoms with E-state index in [4.69, 9.17) is 5.73 Å². The predicted molar refractivity (Wildman–Crippen MR) is 90.3 cm³/mol. The molecule has 4 nitrogen and oxygen atoms in total. The molecule has 0 aliphatic heterocycles. The minimum absolute atomic E-state index is 0.143. The quantitative estimate of drug-likeness (QED) is 0.473. The summed E-state index contributed by atoms with van der Waals surface area (Å²) in [4.78, 5) is 0. The molecule has 1 heterocycles. The molecule has 0 fully saturated rings. The fourth-order valence-electron chi connectivity index (χ4n) is 4.17. The summed E-state index contributed by atoms with van der Waals surface area (Å²) in [5, 5.41) is 23.4. The first-order chi connectivity index (χ1) is 11.2. The Balaban J connectivity index is 1.84. The monoisotopic (exact) mass is 304 g/mol. The molecule has 5 rings (SSSR count). The molecule has 0 amide bonds. The highest BCUT2D eigenvalue weighted by molar-refractivity contribution is 5.98. The third-order valence-electron chi connectivity index (χ3n) is 5.20. The lowest BCUT2D eigenvalue weighted by Crippen LogP contribution is -1.98. The van der Waals surface area contributed by atoms with Crippen molar-refractivity contribution in [2.45, 2.75) is 18.3 Å². The van der Waals surface area contributed by atoms with E-state index < -0.39 is 0 Å². The van der Waals surface area contributed by atoms with Gasteiger partial charge >= 0.3 is 0 Å². The fourth-order valence-corrected chi connectivity index (χ4v) is 4.17. The van der Waals surface area contributed by atoms with Gasteiger partial charge in [0.1, 0.15) is 0 Å². The molecular weight excluding hydrogens is 288 g/mol. The summed E-state index contributed by atoms with van der Waals surface area (Å²) < 4.78 is 1.55. The van der Waals surface area contributed by atoms with Crippen LogP contribution in [0.2, 0.25) is 0 Å². The van der Waals surface area contributed by atoms with E-state index in [2.05, 4.69) is 12.2 Å². The molecular formula is C19H16N2O2. The number of aromatic hydroxyl groups is 2. The van der Waals surface area contributed by atoms with Crippen molar-refractivity contribution >= 4 is 16.5 Å². The van der Waals surface area contributed by atoms with Crippen LogP contribution in [0.25, 0.3) is 16.5 Å². The number of rotatable bonds is 1. The normalized spacial score (nSPS) is 21.2. The Hall–Kier alpha value is -2.88. The molecule has 2 bridgehead atoms. The molecule has 2 aliphatic carbocycles. The zero-order valence-corrected chi connectivity index (χ0v) is 12.4. The van der Waals surface area contributed by atoms with Gasteiger partial charge in [0.15, 0.2) is 0 Å². The van der Waals surface area contributed by atoms with E-state index in [9.17, 15) is 10.2 Å². The molecule has 0 saturated carbocycles. The van der Waals surface area contributed by atoms with Crippen LogP contribution in [0.15, 0.2) is 48.6 Å². The van der Waals surface area contributed by atoms with Gasteiger partial charge in [0, 0.05) is 39.4 Å². The van der Waals surface area contributed by atoms with Crippen molar-refractivity contribution in [2.24, 2.45) is 0 Å². The van der Waals surface area contributed by atoms with Crippen LogP contribution in [0.1, 0.15) is 29.4 Å². The van der Waals surface area contributed by atoms with Gasteiger partial charge in [-0.2, -0.15) is 0 Å². The Morgan fingerprint density at radius 3 is 2.13 bits per heavy atom. The van der Waals surface area contributed by atoms with Gasteiger partial charge in [0.05, 0.1) is 5.69 Å². The van der Waals surface area contributed by atoms with E-state index in [0.29, 0.717) is 5.69 Å². The molecule has 114 valence electrons. The highest BCUT2D eigenvalue weighted by Crippen LogP contribution is 2.57. The highest BCUT2D eigenvalue weighted by Gasteiger charge is 2.41. The number of allylic oxidation sites excluding steroid dienone is 2. The Morgan fingerprint density at radius 2 is 1.48 bits per heavy atom. The van der Waals surface area contributed by atoms with Gasteiger partial charge in [0.25, 0.3) is 0 Å². The largest absolute Gasteiger partial charge is 0.494 e. The summed E-state index contributed by atoms with van der Waals surface area (Å²) in [6, 6.07) is 11.4. The third kappa shape index (κ3) is 1.45. The molecule has 0 spiro atoms. The molecule has 1 aromatic heterocycles. The number of hydrogen-bond acceptors (Lipinski definition) is 3. The lowest BCUT2D eigenvalue weighted by Gasteiger charge is -2.13. The number of nitrogen functional groups attached to an aromatic ring is 1. The fraction of sp³-hybridized carbons (Fsp3) is 0.158. The number of fused-ring (bicyclic) bond motifs is 6. The first-order valence-corrected chi connectivity index (χ1v) is 7.79. The maximum absolute atomic E-state index is 10.8. The number of anilines is 1. The predicted octanol–water partition coefficient (Wildman–Crippen LogP) is 3.76. The van der Waals surface area contributed by atoms with Crippen molar-refractivity contribution < 1.29 is 10.2 Å². The van der Waals surface area contributed by atoms with Gasteiger partial charge in [-0.05, 0) is 18.6 Å². The molecule has 4 N–H and O–H groups in total. The van der Waals surface area contributed by atoms with Crippen molar-refractivity contribution in [3.05, 3.63) is 59.7 Å². The first kappa shape index (κ1) is 12.6. The lowest BCUT2D eigenvalue weighted by atomic mass is 10.0. The average molecular weight is 304 g/mol. The van der Waals surface area contributed by atoms with Crippen molar-refractivity contribution in [3.63, 3.8) is 0 Å². The summed E-state index contributed by atoms with van der Waals surface area (Å²) in [6.45, 7) is 0. The second-order valence-electron chi connectivity index (χ2n) is 6.36. The topological polar surface area (TPSA) is 71.4 Å². The molecule has 2 unspecified atom stereocenters. The van der Waals surface area contributed by atoms with Crippen LogP contribution in [0.3, 0.4) is 0 Å². The number of nitrogens with zero attached hydrogens (tertiary/aromatic N) is 1. The Morgan fingerprint density at radius 1 is 0.870 bits per heavy atom. The standard InChI is InChI=1S/C19H16N2O2/c20-14-7-8-15(13-4-2-1-3-12(13)14)21-18(22)16-10-5-6-11(9-10)17(16)19(21)23/h1-8,10-11,22-23H,9,20H2. The van der Waals surface area contributed by atoms with Gasteiger partial charge in [-0.1, -0.05) is 36.4 Å². The molecule has 3 aromatic rings. The van der Waals surface area contributed by atoms with Crippen LogP contribution in [0.5, 0.6) is 11.8 Å². The molecule has 2 atom stereocenters. The van der Waals surface area contributed by atoms with E-state index >= 15 is 0 Å². The van der Waals surface area contributed by atoms with Crippen molar-refractivity contribution in [1.82, 2.24) is 4.57 Å².